The molecular weight excluding hydrogens is 212 g/mol. The third-order valence-corrected chi connectivity index (χ3v) is 1.81. The monoisotopic (exact) mass is 224 g/mol. The van der Waals surface area contributed by atoms with Gasteiger partial charge in [-0.25, -0.2) is 4.79 Å². The first-order chi connectivity index (χ1) is 8.26. The molecule has 2 amide bonds. The van der Waals surface area contributed by atoms with E-state index in [-0.39, 0.29) is 12.6 Å². The number of carbonyl (C=O) groups is 1. The van der Waals surface area contributed by atoms with Crippen molar-refractivity contribution in [3.8, 4) is 24.2 Å². The van der Waals surface area contributed by atoms with Crippen molar-refractivity contribution in [3.05, 3.63) is 42.5 Å². The molecule has 0 fully saturated rings. The third-order valence-electron chi connectivity index (χ3n) is 1.81. The van der Waals surface area contributed by atoms with Gasteiger partial charge in [0.15, 0.2) is 0 Å². The minimum absolute atomic E-state index is 0.203. The van der Waals surface area contributed by atoms with Crippen LogP contribution in [-0.2, 0) is 0 Å². The molecule has 1 aromatic rings. The molecule has 3 nitrogen and oxygen atoms in total. The number of hydrogen-bond acceptors (Lipinski definition) is 1. The molecule has 84 valence electrons. The van der Waals surface area contributed by atoms with E-state index in [1.165, 1.54) is 6.08 Å². The summed E-state index contributed by atoms with van der Waals surface area (Å²) in [5.74, 6) is 7.95. The Labute approximate surface area is 101 Å². The Morgan fingerprint density at radius 3 is 2.71 bits per heavy atom. The minimum Gasteiger partial charge on any atom is -0.327 e. The lowest BCUT2D eigenvalue weighted by Crippen LogP contribution is -2.28. The first-order valence-electron chi connectivity index (χ1n) is 4.97. The van der Waals surface area contributed by atoms with Crippen molar-refractivity contribution < 1.29 is 4.79 Å². The van der Waals surface area contributed by atoms with Gasteiger partial charge in [0.25, 0.3) is 0 Å². The lowest BCUT2D eigenvalue weighted by atomic mass is 10.2. The second-order valence-corrected chi connectivity index (χ2v) is 3.06. The molecule has 3 heteroatoms. The first-order valence-corrected chi connectivity index (χ1v) is 4.97. The van der Waals surface area contributed by atoms with Crippen molar-refractivity contribution in [2.24, 2.45) is 0 Å². The molecule has 0 spiro atoms. The van der Waals surface area contributed by atoms with Gasteiger partial charge in [0.2, 0.25) is 0 Å². The van der Waals surface area contributed by atoms with Crippen LogP contribution in [0.25, 0.3) is 0 Å². The van der Waals surface area contributed by atoms with Crippen molar-refractivity contribution in [3.63, 3.8) is 0 Å². The maximum absolute atomic E-state index is 11.3. The highest BCUT2D eigenvalue weighted by atomic mass is 16.2. The quantitative estimate of drug-likeness (QED) is 0.741. The molecule has 0 saturated carbocycles. The van der Waals surface area contributed by atoms with Gasteiger partial charge in [-0.15, -0.1) is 6.42 Å². The molecule has 0 radical (unpaired) electrons. The third kappa shape index (κ3) is 4.59. The lowest BCUT2D eigenvalue weighted by molar-refractivity contribution is 0.253. The Kier molecular flexibility index (Phi) is 4.94. The van der Waals surface area contributed by atoms with Crippen LogP contribution in [-0.4, -0.2) is 12.6 Å². The summed E-state index contributed by atoms with van der Waals surface area (Å²) in [5.41, 5.74) is 1.54. The Hall–Kier alpha value is -2.65. The second kappa shape index (κ2) is 6.76. The Balaban J connectivity index is 2.59. The summed E-state index contributed by atoms with van der Waals surface area (Å²) in [6.45, 7) is 3.71. The highest BCUT2D eigenvalue weighted by Crippen LogP contribution is 2.08. The smallest absolute Gasteiger partial charge is 0.319 e. The van der Waals surface area contributed by atoms with Gasteiger partial charge in [-0.2, -0.15) is 0 Å². The molecule has 0 aliphatic heterocycles. The van der Waals surface area contributed by atoms with E-state index in [0.717, 1.165) is 5.56 Å². The standard InChI is InChI=1S/C14H12N2O/c1-3-5-6-12-7-9-13(10-8-12)16-14(17)15-11-4-2/h2-3,7-10H,1,11H2,(H2,15,16,17). The zero-order chi connectivity index (χ0) is 12.5. The summed E-state index contributed by atoms with van der Waals surface area (Å²) in [6.07, 6.45) is 6.55. The van der Waals surface area contributed by atoms with Crippen molar-refractivity contribution in [2.45, 2.75) is 0 Å². The number of anilines is 1. The molecule has 0 aliphatic rings. The number of amides is 2. The summed E-state index contributed by atoms with van der Waals surface area (Å²) < 4.78 is 0. The molecule has 0 atom stereocenters. The van der Waals surface area contributed by atoms with E-state index in [4.69, 9.17) is 6.42 Å². The average molecular weight is 224 g/mol. The number of rotatable bonds is 2. The van der Waals surface area contributed by atoms with Crippen LogP contribution >= 0.6 is 0 Å². The molecule has 0 aromatic heterocycles. The molecule has 0 heterocycles. The maximum Gasteiger partial charge on any atom is 0.319 e. The van der Waals surface area contributed by atoms with Crippen LogP contribution in [0.4, 0.5) is 10.5 Å². The fourth-order valence-corrected chi connectivity index (χ4v) is 1.08. The van der Waals surface area contributed by atoms with E-state index in [1.807, 2.05) is 12.1 Å². The average Bonchev–Trinajstić information content (AvgIpc) is 2.35. The molecular formula is C14H12N2O. The Bertz CT molecular complexity index is 498. The number of hydrogen-bond donors (Lipinski definition) is 2. The number of nitrogens with one attached hydrogen (secondary N) is 2. The van der Waals surface area contributed by atoms with E-state index >= 15 is 0 Å². The van der Waals surface area contributed by atoms with Gasteiger partial charge in [0.1, 0.15) is 0 Å². The van der Waals surface area contributed by atoms with Gasteiger partial charge in [-0.05, 0) is 30.3 Å². The van der Waals surface area contributed by atoms with Crippen molar-refractivity contribution >= 4 is 11.7 Å². The predicted molar refractivity (Wildman–Crippen MR) is 69.4 cm³/mol. The predicted octanol–water partition coefficient (Wildman–Crippen LogP) is 1.98. The number of allylic oxidation sites excluding steroid dienone is 1. The molecule has 2 N–H and O–H groups in total. The van der Waals surface area contributed by atoms with Crippen molar-refractivity contribution in [1.29, 1.82) is 0 Å². The van der Waals surface area contributed by atoms with Crippen LogP contribution in [0.3, 0.4) is 0 Å². The summed E-state index contributed by atoms with van der Waals surface area (Å²) in [4.78, 5) is 11.3. The summed E-state index contributed by atoms with van der Waals surface area (Å²) >= 11 is 0. The van der Waals surface area contributed by atoms with Crippen LogP contribution in [0.15, 0.2) is 36.9 Å². The molecule has 0 unspecified atom stereocenters. The highest BCUT2D eigenvalue weighted by Gasteiger charge is 1.98. The van der Waals surface area contributed by atoms with Crippen LogP contribution in [0, 0.1) is 24.2 Å². The van der Waals surface area contributed by atoms with E-state index in [2.05, 4.69) is 35.0 Å². The fourth-order valence-electron chi connectivity index (χ4n) is 1.08. The topological polar surface area (TPSA) is 41.1 Å². The number of urea groups is 1. The fraction of sp³-hybridized carbons (Fsp3) is 0.0714. The van der Waals surface area contributed by atoms with E-state index in [1.54, 1.807) is 12.1 Å². The molecule has 1 rings (SSSR count). The summed E-state index contributed by atoms with van der Waals surface area (Å²) in [5, 5.41) is 5.15. The van der Waals surface area contributed by atoms with Gasteiger partial charge in [-0.3, -0.25) is 0 Å². The number of carbonyl (C=O) groups excluding carboxylic acids is 1. The zero-order valence-electron chi connectivity index (χ0n) is 9.29. The van der Waals surface area contributed by atoms with Crippen LogP contribution in [0.1, 0.15) is 5.56 Å². The zero-order valence-corrected chi connectivity index (χ0v) is 9.29. The van der Waals surface area contributed by atoms with Crippen LogP contribution in [0.5, 0.6) is 0 Å². The number of terminal acetylenes is 1. The molecule has 17 heavy (non-hydrogen) atoms. The SMILES string of the molecule is C#CCNC(=O)Nc1ccc(C#CC=C)cc1. The van der Waals surface area contributed by atoms with Gasteiger partial charge >= 0.3 is 6.03 Å². The largest absolute Gasteiger partial charge is 0.327 e. The first kappa shape index (κ1) is 12.4. The normalized spacial score (nSPS) is 8.18. The minimum atomic E-state index is -0.326. The van der Waals surface area contributed by atoms with Gasteiger partial charge in [-0.1, -0.05) is 24.3 Å². The van der Waals surface area contributed by atoms with Gasteiger partial charge in [0, 0.05) is 11.3 Å². The Morgan fingerprint density at radius 2 is 2.12 bits per heavy atom. The lowest BCUT2D eigenvalue weighted by Gasteiger charge is -2.04. The molecule has 0 bridgehead atoms. The highest BCUT2D eigenvalue weighted by molar-refractivity contribution is 5.89. The maximum atomic E-state index is 11.3. The molecule has 1 aromatic carbocycles. The summed E-state index contributed by atoms with van der Waals surface area (Å²) in [6, 6.07) is 6.83. The van der Waals surface area contributed by atoms with E-state index in [0.29, 0.717) is 5.69 Å². The summed E-state index contributed by atoms with van der Waals surface area (Å²) in [7, 11) is 0. The molecule has 0 aliphatic carbocycles. The van der Waals surface area contributed by atoms with E-state index in [9.17, 15) is 4.79 Å². The molecule has 0 saturated heterocycles. The van der Waals surface area contributed by atoms with Crippen molar-refractivity contribution in [2.75, 3.05) is 11.9 Å². The number of benzene rings is 1. The second-order valence-electron chi connectivity index (χ2n) is 3.06. The van der Waals surface area contributed by atoms with Crippen LogP contribution in [0.2, 0.25) is 0 Å². The van der Waals surface area contributed by atoms with Crippen LogP contribution < -0.4 is 10.6 Å². The van der Waals surface area contributed by atoms with Crippen molar-refractivity contribution in [1.82, 2.24) is 5.32 Å². The Morgan fingerprint density at radius 1 is 1.41 bits per heavy atom. The van der Waals surface area contributed by atoms with E-state index < -0.39 is 0 Å². The van der Waals surface area contributed by atoms with Gasteiger partial charge in [0.05, 0.1) is 6.54 Å². The van der Waals surface area contributed by atoms with Gasteiger partial charge < -0.3 is 10.6 Å².